The first-order chi connectivity index (χ1) is 29.4. The molecule has 6 aliphatic rings. The molecule has 2 aliphatic heterocycles. The molecule has 0 saturated carbocycles. The van der Waals surface area contributed by atoms with E-state index in [0.717, 1.165) is 0 Å². The Morgan fingerprint density at radius 2 is 0.984 bits per heavy atom. The highest BCUT2D eigenvalue weighted by Crippen LogP contribution is 2.45. The number of hydrogen-bond acceptors (Lipinski definition) is 14. The van der Waals surface area contributed by atoms with Gasteiger partial charge in [-0.15, -0.1) is 0 Å². The van der Waals surface area contributed by atoms with Crippen molar-refractivity contribution in [3.05, 3.63) is 165 Å². The highest BCUT2D eigenvalue weighted by molar-refractivity contribution is 7.91. The third-order valence-corrected chi connectivity index (χ3v) is 13.1. The summed E-state index contributed by atoms with van der Waals surface area (Å²) in [6.07, 6.45) is 6.29. The van der Waals surface area contributed by atoms with E-state index in [1.807, 2.05) is 0 Å². The zero-order valence-corrected chi connectivity index (χ0v) is 32.2. The molecule has 4 aliphatic carbocycles. The highest BCUT2D eigenvalue weighted by atomic mass is 32.2. The zero-order chi connectivity index (χ0) is 42.5. The molecule has 6 N–H and O–H groups in total. The van der Waals surface area contributed by atoms with Gasteiger partial charge >= 0.3 is 0 Å². The van der Waals surface area contributed by atoms with Crippen molar-refractivity contribution in [2.45, 2.75) is 21.6 Å². The first-order valence-corrected chi connectivity index (χ1v) is 20.0. The number of benzene rings is 4. The van der Waals surface area contributed by atoms with Crippen molar-refractivity contribution in [3.8, 4) is 34.8 Å². The smallest absolute Gasteiger partial charge is 0.206 e. The van der Waals surface area contributed by atoms with Crippen LogP contribution in [0, 0.1) is 33.5 Å². The molecule has 0 radical (unpaired) electrons. The second kappa shape index (κ2) is 13.3. The van der Waals surface area contributed by atoms with Crippen LogP contribution < -0.4 is 22.2 Å². The SMILES string of the molecule is N#CC1=C(N)C(c2ccc(S(=O)(=O)c3ccc(C4C(=O)c5c(c6cc7cnccc7oc-6cc5=N)C(C#N)=C4N)cc3)cc2)C(=O)c2c1c1cc3cnccc3oc-1cc2=N. The van der Waals surface area contributed by atoms with Crippen LogP contribution in [0.2, 0.25) is 0 Å². The third-order valence-electron chi connectivity index (χ3n) is 11.3. The molecule has 0 fully saturated rings. The van der Waals surface area contributed by atoms with Crippen LogP contribution in [-0.2, 0) is 9.84 Å². The molecule has 61 heavy (non-hydrogen) atoms. The van der Waals surface area contributed by atoms with Gasteiger partial charge in [0.15, 0.2) is 11.6 Å². The van der Waals surface area contributed by atoms with Crippen LogP contribution >= 0.6 is 0 Å². The predicted molar refractivity (Wildman–Crippen MR) is 219 cm³/mol. The van der Waals surface area contributed by atoms with Gasteiger partial charge in [-0.1, -0.05) is 24.3 Å². The second-order valence-electron chi connectivity index (χ2n) is 14.6. The summed E-state index contributed by atoms with van der Waals surface area (Å²) >= 11 is 0. The molecule has 0 amide bonds. The Morgan fingerprint density at radius 1 is 0.590 bits per heavy atom. The predicted octanol–water partition coefficient (Wildman–Crippen LogP) is 6.32. The molecular formula is C46H26N8O6S. The monoisotopic (exact) mass is 818 g/mol. The van der Waals surface area contributed by atoms with Crippen molar-refractivity contribution in [1.29, 1.82) is 21.3 Å². The first-order valence-electron chi connectivity index (χ1n) is 18.5. The van der Waals surface area contributed by atoms with Crippen LogP contribution in [0.1, 0.15) is 54.8 Å². The number of nitrogens with one attached hydrogen (secondary N) is 2. The number of aromatic nitrogens is 2. The van der Waals surface area contributed by atoms with Crippen molar-refractivity contribution < 1.29 is 26.8 Å². The van der Waals surface area contributed by atoms with E-state index in [1.54, 1.807) is 49.1 Å². The molecule has 15 heteroatoms. The van der Waals surface area contributed by atoms with Gasteiger partial charge in [-0.05, 0) is 59.7 Å². The number of fused-ring (bicyclic) bond motifs is 8. The fourth-order valence-electron chi connectivity index (χ4n) is 8.44. The number of ketones is 2. The van der Waals surface area contributed by atoms with E-state index < -0.39 is 33.2 Å². The Bertz CT molecular complexity index is 3400. The van der Waals surface area contributed by atoms with Gasteiger partial charge in [-0.2, -0.15) is 10.5 Å². The van der Waals surface area contributed by atoms with Crippen LogP contribution in [0.3, 0.4) is 0 Å². The van der Waals surface area contributed by atoms with E-state index in [9.17, 15) is 28.5 Å². The number of pyridine rings is 2. The summed E-state index contributed by atoms with van der Waals surface area (Å²) in [5, 5.41) is 39.2. The van der Waals surface area contributed by atoms with Gasteiger partial charge in [0.1, 0.15) is 34.8 Å². The Hall–Kier alpha value is -8.53. The lowest BCUT2D eigenvalue weighted by Crippen LogP contribution is -2.32. The third kappa shape index (κ3) is 5.35. The lowest BCUT2D eigenvalue weighted by atomic mass is 9.75. The van der Waals surface area contributed by atoms with Crippen LogP contribution in [0.5, 0.6) is 0 Å². The molecule has 4 aromatic rings. The molecule has 14 nitrogen and oxygen atoms in total. The number of nitrogens with zero attached hydrogens (tertiary/aromatic N) is 4. The first kappa shape index (κ1) is 36.8. The largest absolute Gasteiger partial charge is 0.456 e. The summed E-state index contributed by atoms with van der Waals surface area (Å²) in [6.45, 7) is 0. The molecular weight excluding hydrogens is 793 g/mol. The number of nitriles is 2. The van der Waals surface area contributed by atoms with E-state index >= 15 is 0 Å². The van der Waals surface area contributed by atoms with Gasteiger partial charge in [0.2, 0.25) is 9.84 Å². The van der Waals surface area contributed by atoms with Gasteiger partial charge in [-0.3, -0.25) is 30.4 Å². The number of Topliss-reactive ketones (excluding diaryl/α,β-unsaturated/α-hetero) is 2. The van der Waals surface area contributed by atoms with E-state index in [4.69, 9.17) is 31.1 Å². The molecule has 2 unspecified atom stereocenters. The van der Waals surface area contributed by atoms with Gasteiger partial charge in [0, 0.05) is 81.3 Å². The number of carbonyl (C=O) groups is 2. The summed E-state index contributed by atoms with van der Waals surface area (Å²) in [4.78, 5) is 36.4. The van der Waals surface area contributed by atoms with Crippen molar-refractivity contribution >= 4 is 54.5 Å². The Morgan fingerprint density at radius 3 is 1.36 bits per heavy atom. The van der Waals surface area contributed by atoms with Crippen LogP contribution in [0.25, 0.3) is 55.7 Å². The number of nitrogens with two attached hydrogens (primary N) is 2. The van der Waals surface area contributed by atoms with E-state index in [-0.39, 0.29) is 65.3 Å². The second-order valence-corrected chi connectivity index (χ2v) is 16.6. The topological polar surface area (TPSA) is 268 Å². The zero-order valence-electron chi connectivity index (χ0n) is 31.3. The minimum atomic E-state index is -4.17. The number of allylic oxidation sites excluding steroid dienone is 4. The molecule has 292 valence electrons. The average Bonchev–Trinajstić information content (AvgIpc) is 3.25. The number of sulfone groups is 1. The molecule has 0 spiro atoms. The highest BCUT2D eigenvalue weighted by Gasteiger charge is 2.40. The molecule has 0 saturated heterocycles. The quantitative estimate of drug-likeness (QED) is 0.142. The number of hydrogen-bond donors (Lipinski definition) is 4. The van der Waals surface area contributed by atoms with Crippen LogP contribution in [0.15, 0.2) is 140 Å². The molecule has 2 aromatic heterocycles. The average molecular weight is 819 g/mol. The lowest BCUT2D eigenvalue weighted by molar-refractivity contribution is 0.0960. The minimum Gasteiger partial charge on any atom is -0.456 e. The summed E-state index contributed by atoms with van der Waals surface area (Å²) in [7, 11) is -4.17. The fraction of sp³-hybridized carbons (Fsp3) is 0.0435. The van der Waals surface area contributed by atoms with E-state index in [2.05, 4.69) is 22.1 Å². The molecule has 2 aromatic carbocycles. The van der Waals surface area contributed by atoms with E-state index in [0.29, 0.717) is 55.7 Å². The summed E-state index contributed by atoms with van der Waals surface area (Å²) < 4.78 is 39.9. The lowest BCUT2D eigenvalue weighted by Gasteiger charge is -2.27. The number of carbonyl (C=O) groups excluding carboxylic acids is 2. The maximum Gasteiger partial charge on any atom is 0.206 e. The summed E-state index contributed by atoms with van der Waals surface area (Å²) in [5.74, 6) is -2.84. The maximum atomic E-state index is 14.2. The van der Waals surface area contributed by atoms with Crippen molar-refractivity contribution in [2.75, 3.05) is 0 Å². The van der Waals surface area contributed by atoms with Gasteiger partial charge in [-0.25, -0.2) is 8.42 Å². The van der Waals surface area contributed by atoms with Crippen molar-refractivity contribution in [3.63, 3.8) is 0 Å². The minimum absolute atomic E-state index is 0.000205. The summed E-state index contributed by atoms with van der Waals surface area (Å²) in [5.41, 5.74) is 15.9. The Kier molecular flexibility index (Phi) is 7.99. The van der Waals surface area contributed by atoms with Crippen LogP contribution in [-0.4, -0.2) is 30.0 Å². The van der Waals surface area contributed by atoms with E-state index in [1.165, 1.54) is 60.7 Å². The van der Waals surface area contributed by atoms with Gasteiger partial charge < -0.3 is 20.3 Å². The fourth-order valence-corrected chi connectivity index (χ4v) is 9.70. The Balaban J connectivity index is 0.977. The summed E-state index contributed by atoms with van der Waals surface area (Å²) in [6, 6.07) is 24.9. The van der Waals surface area contributed by atoms with Crippen molar-refractivity contribution in [2.24, 2.45) is 11.5 Å². The van der Waals surface area contributed by atoms with Gasteiger partial charge in [0.25, 0.3) is 0 Å². The van der Waals surface area contributed by atoms with Crippen molar-refractivity contribution in [1.82, 2.24) is 9.97 Å². The van der Waals surface area contributed by atoms with Gasteiger partial charge in [0.05, 0.1) is 54.6 Å². The molecule has 0 bridgehead atoms. The molecule has 4 heterocycles. The number of rotatable bonds is 4. The van der Waals surface area contributed by atoms with Crippen LogP contribution in [0.4, 0.5) is 0 Å². The normalized spacial score (nSPS) is 16.5. The molecule has 2 atom stereocenters. The molecule has 10 rings (SSSR count). The maximum absolute atomic E-state index is 14.2. The Labute approximate surface area is 344 Å². The standard InChI is InChI=1S/C46H26N8O6S/c47-17-29-39-27-13-23-19-53-11-9-33(23)59-35(27)15-31(49)41(39)45(55)37(43(29)51)21-1-5-25(6-2-21)61(57,58)26-7-3-22(4-8-26)38-44(52)30(18-48)40-28-14-24-20-54-12-10-34(24)60-36(28)16-32(50)42(40)46(38)56/h1-16,19-20,37-38,49-50H,51-52H2.